The highest BCUT2D eigenvalue weighted by atomic mass is 16.5. The molecule has 0 aliphatic carbocycles. The molecule has 0 saturated heterocycles. The van der Waals surface area contributed by atoms with Crippen molar-refractivity contribution in [3.8, 4) is 11.5 Å². The lowest BCUT2D eigenvalue weighted by Crippen LogP contribution is -2.33. The quantitative estimate of drug-likeness (QED) is 0.301. The van der Waals surface area contributed by atoms with Crippen LogP contribution in [0.2, 0.25) is 0 Å². The van der Waals surface area contributed by atoms with Gasteiger partial charge in [0.2, 0.25) is 0 Å². The van der Waals surface area contributed by atoms with E-state index in [1.54, 1.807) is 42.0 Å². The van der Waals surface area contributed by atoms with E-state index in [0.717, 1.165) is 0 Å². The van der Waals surface area contributed by atoms with Crippen LogP contribution >= 0.6 is 0 Å². The zero-order valence-electron chi connectivity index (χ0n) is 20.6. The first-order valence-electron chi connectivity index (χ1n) is 11.3. The van der Waals surface area contributed by atoms with Crippen molar-refractivity contribution in [2.24, 2.45) is 4.99 Å². The number of benzene rings is 1. The second-order valence-electron chi connectivity index (χ2n) is 8.17. The monoisotopic (exact) mass is 490 g/mol. The molecule has 0 aliphatic heterocycles. The van der Waals surface area contributed by atoms with E-state index in [0.29, 0.717) is 22.8 Å². The number of carbonyl (C=O) groups is 2. The van der Waals surface area contributed by atoms with Crippen LogP contribution in [-0.4, -0.2) is 46.7 Å². The molecule has 0 aliphatic rings. The van der Waals surface area contributed by atoms with E-state index in [2.05, 4.69) is 9.98 Å². The van der Waals surface area contributed by atoms with Crippen molar-refractivity contribution in [3.05, 3.63) is 75.6 Å². The van der Waals surface area contributed by atoms with Gasteiger partial charge in [-0.15, -0.1) is 0 Å². The van der Waals surface area contributed by atoms with Crippen molar-refractivity contribution in [3.63, 3.8) is 0 Å². The van der Waals surface area contributed by atoms with E-state index in [1.165, 1.54) is 36.8 Å². The summed E-state index contributed by atoms with van der Waals surface area (Å²) in [5, 5.41) is 0.199. The molecule has 0 bridgehead atoms. The fourth-order valence-corrected chi connectivity index (χ4v) is 3.89. The van der Waals surface area contributed by atoms with Crippen molar-refractivity contribution in [1.82, 2.24) is 14.0 Å². The molecule has 1 aromatic carbocycles. The summed E-state index contributed by atoms with van der Waals surface area (Å²) in [6.07, 6.45) is 1.60. The van der Waals surface area contributed by atoms with Gasteiger partial charge in [-0.05, 0) is 51.1 Å². The summed E-state index contributed by atoms with van der Waals surface area (Å²) in [4.78, 5) is 48.7. The summed E-state index contributed by atoms with van der Waals surface area (Å²) in [6, 6.07) is 10.9. The molecule has 0 N–H and O–H groups in total. The zero-order chi connectivity index (χ0) is 26.0. The predicted octanol–water partition coefficient (Wildman–Crippen LogP) is 3.17. The maximum absolute atomic E-state index is 13.3. The van der Waals surface area contributed by atoms with Crippen molar-refractivity contribution in [2.45, 2.75) is 26.8 Å². The number of hydrogen-bond acceptors (Lipinski definition) is 7. The molecule has 10 heteroatoms. The highest BCUT2D eigenvalue weighted by Crippen LogP contribution is 2.23. The molecule has 0 radical (unpaired) electrons. The average Bonchev–Trinajstić information content (AvgIpc) is 2.88. The summed E-state index contributed by atoms with van der Waals surface area (Å²) in [5.74, 6) is -0.519. The van der Waals surface area contributed by atoms with E-state index in [4.69, 9.17) is 14.2 Å². The first-order chi connectivity index (χ1) is 17.3. The normalized spacial score (nSPS) is 11.8. The molecule has 3 heterocycles. The summed E-state index contributed by atoms with van der Waals surface area (Å²) in [5.41, 5.74) is 0.576. The molecule has 0 saturated carbocycles. The lowest BCUT2D eigenvalue weighted by atomic mass is 10.1. The maximum atomic E-state index is 13.3. The van der Waals surface area contributed by atoms with E-state index in [-0.39, 0.29) is 40.2 Å². The SMILES string of the molecule is CCOC(=O)c1cc2c(=O)n3ccccc3nc2n(C(C)C)c1=NC(=O)c1cc(OC)cc(OC)c1. The Labute approximate surface area is 206 Å². The number of fused-ring (bicyclic) bond motifs is 2. The zero-order valence-corrected chi connectivity index (χ0v) is 20.6. The number of hydrogen-bond donors (Lipinski definition) is 0. The summed E-state index contributed by atoms with van der Waals surface area (Å²) in [7, 11) is 2.95. The summed E-state index contributed by atoms with van der Waals surface area (Å²) < 4.78 is 18.8. The van der Waals surface area contributed by atoms with E-state index in [9.17, 15) is 14.4 Å². The van der Waals surface area contributed by atoms with Crippen LogP contribution in [0, 0.1) is 0 Å². The van der Waals surface area contributed by atoms with Crippen LogP contribution in [0.15, 0.2) is 58.4 Å². The van der Waals surface area contributed by atoms with Gasteiger partial charge in [-0.3, -0.25) is 14.0 Å². The van der Waals surface area contributed by atoms with Crippen LogP contribution in [0.1, 0.15) is 47.5 Å². The Balaban J connectivity index is 2.11. The van der Waals surface area contributed by atoms with Gasteiger partial charge in [-0.2, -0.15) is 4.99 Å². The second kappa shape index (κ2) is 10.0. The number of rotatable bonds is 6. The molecule has 4 aromatic rings. The van der Waals surface area contributed by atoms with Crippen LogP contribution in [0.3, 0.4) is 0 Å². The minimum absolute atomic E-state index is 0.0176. The van der Waals surface area contributed by atoms with Gasteiger partial charge in [0.15, 0.2) is 5.49 Å². The smallest absolute Gasteiger partial charge is 0.341 e. The third kappa shape index (κ3) is 4.45. The van der Waals surface area contributed by atoms with Crippen LogP contribution in [0.5, 0.6) is 11.5 Å². The molecule has 0 spiro atoms. The fourth-order valence-electron chi connectivity index (χ4n) is 3.89. The molecule has 3 aromatic heterocycles. The molecule has 0 unspecified atom stereocenters. The predicted molar refractivity (Wildman–Crippen MR) is 133 cm³/mol. The minimum Gasteiger partial charge on any atom is -0.497 e. The van der Waals surface area contributed by atoms with Gasteiger partial charge in [0.25, 0.3) is 11.5 Å². The number of pyridine rings is 2. The van der Waals surface area contributed by atoms with Gasteiger partial charge in [-0.25, -0.2) is 9.78 Å². The number of methoxy groups -OCH3 is 2. The molecular weight excluding hydrogens is 464 g/mol. The molecule has 10 nitrogen and oxygen atoms in total. The Bertz CT molecular complexity index is 1590. The highest BCUT2D eigenvalue weighted by Gasteiger charge is 2.21. The van der Waals surface area contributed by atoms with Gasteiger partial charge in [0.1, 0.15) is 28.4 Å². The lowest BCUT2D eigenvalue weighted by Gasteiger charge is -2.17. The van der Waals surface area contributed by atoms with Crippen molar-refractivity contribution in [2.75, 3.05) is 20.8 Å². The number of aromatic nitrogens is 3. The first-order valence-corrected chi connectivity index (χ1v) is 11.3. The summed E-state index contributed by atoms with van der Waals surface area (Å²) >= 11 is 0. The second-order valence-corrected chi connectivity index (χ2v) is 8.17. The Morgan fingerprint density at radius 2 is 1.75 bits per heavy atom. The Morgan fingerprint density at radius 1 is 1.06 bits per heavy atom. The van der Waals surface area contributed by atoms with Crippen molar-refractivity contribution < 1.29 is 23.8 Å². The average molecular weight is 491 g/mol. The van der Waals surface area contributed by atoms with Crippen LogP contribution in [0.25, 0.3) is 16.7 Å². The Hall–Kier alpha value is -4.47. The van der Waals surface area contributed by atoms with Crippen LogP contribution < -0.4 is 20.5 Å². The van der Waals surface area contributed by atoms with Gasteiger partial charge in [0.05, 0.1) is 26.2 Å². The van der Waals surface area contributed by atoms with Gasteiger partial charge in [0, 0.05) is 23.9 Å². The van der Waals surface area contributed by atoms with Crippen molar-refractivity contribution >= 4 is 28.6 Å². The minimum atomic E-state index is -0.707. The van der Waals surface area contributed by atoms with Crippen LogP contribution in [0.4, 0.5) is 0 Å². The largest absolute Gasteiger partial charge is 0.497 e. The maximum Gasteiger partial charge on any atom is 0.341 e. The number of carbonyl (C=O) groups excluding carboxylic acids is 2. The van der Waals surface area contributed by atoms with Crippen LogP contribution in [-0.2, 0) is 4.74 Å². The fraction of sp³-hybridized carbons (Fsp3) is 0.269. The number of nitrogens with zero attached hydrogens (tertiary/aromatic N) is 4. The standard InChI is InChI=1S/C26H26N4O6/c1-6-36-26(33)20-14-19-22(27-21-9-7-8-10-29(21)25(19)32)30(15(2)3)23(20)28-24(31)16-11-17(34-4)13-18(12-16)35-5/h7-15H,6H2,1-5H3. The third-order valence-electron chi connectivity index (χ3n) is 5.55. The molecule has 0 fully saturated rings. The number of esters is 1. The summed E-state index contributed by atoms with van der Waals surface area (Å²) in [6.45, 7) is 5.47. The Morgan fingerprint density at radius 3 is 2.36 bits per heavy atom. The third-order valence-corrected chi connectivity index (χ3v) is 5.55. The van der Waals surface area contributed by atoms with E-state index >= 15 is 0 Å². The molecule has 0 atom stereocenters. The molecule has 36 heavy (non-hydrogen) atoms. The van der Waals surface area contributed by atoms with Gasteiger partial charge >= 0.3 is 5.97 Å². The number of amides is 1. The first kappa shape index (κ1) is 24.6. The topological polar surface area (TPSA) is 113 Å². The molecular formula is C26H26N4O6. The molecule has 186 valence electrons. The van der Waals surface area contributed by atoms with Crippen molar-refractivity contribution in [1.29, 1.82) is 0 Å². The Kier molecular flexibility index (Phi) is 6.86. The van der Waals surface area contributed by atoms with Gasteiger partial charge in [-0.1, -0.05) is 6.07 Å². The molecule has 4 rings (SSSR count). The van der Waals surface area contributed by atoms with Gasteiger partial charge < -0.3 is 18.8 Å². The molecule has 1 amide bonds. The van der Waals surface area contributed by atoms with E-state index in [1.807, 2.05) is 13.8 Å². The lowest BCUT2D eigenvalue weighted by molar-refractivity contribution is 0.0523. The van der Waals surface area contributed by atoms with E-state index < -0.39 is 11.9 Å². The highest BCUT2D eigenvalue weighted by molar-refractivity contribution is 5.97. The number of ether oxygens (including phenoxy) is 3.